The van der Waals surface area contributed by atoms with E-state index in [2.05, 4.69) is 25.5 Å². The van der Waals surface area contributed by atoms with Crippen molar-refractivity contribution in [2.75, 3.05) is 7.11 Å². The molecule has 0 radical (unpaired) electrons. The van der Waals surface area contributed by atoms with Gasteiger partial charge < -0.3 is 9.84 Å². The zero-order valence-electron chi connectivity index (χ0n) is 15.0. The molecular weight excluding hydrogens is 280 g/mol. The number of carboxylic acids is 1. The molecule has 0 saturated heterocycles. The lowest BCUT2D eigenvalue weighted by Gasteiger charge is -2.08. The third kappa shape index (κ3) is 21.2. The third-order valence-corrected chi connectivity index (χ3v) is 3.54. The van der Waals surface area contributed by atoms with Crippen LogP contribution in [0.5, 0.6) is 0 Å². The second-order valence-electron chi connectivity index (χ2n) is 5.94. The van der Waals surface area contributed by atoms with E-state index in [1.54, 1.807) is 0 Å². The standard InChI is InChI=1S/C10H20O2.C8H16O2/c1-4-5-6-7-9(2)8-10(11)12-3;1-2-3-4-5-6-7-8(9)10/h9H,4-8H2,1-3H3;2-7H2,1H3,(H,9,10). The Kier molecular flexibility index (Phi) is 19.0. The van der Waals surface area contributed by atoms with E-state index in [1.165, 1.54) is 45.6 Å². The number of esters is 1. The molecule has 22 heavy (non-hydrogen) atoms. The zero-order chi connectivity index (χ0) is 17.2. The highest BCUT2D eigenvalue weighted by Gasteiger charge is 2.07. The highest BCUT2D eigenvalue weighted by molar-refractivity contribution is 5.69. The lowest BCUT2D eigenvalue weighted by Crippen LogP contribution is -2.06. The van der Waals surface area contributed by atoms with Gasteiger partial charge in [-0.05, 0) is 12.3 Å². The minimum absolute atomic E-state index is 0.0843. The molecule has 0 saturated carbocycles. The fourth-order valence-corrected chi connectivity index (χ4v) is 2.09. The molecule has 4 heteroatoms. The van der Waals surface area contributed by atoms with E-state index in [9.17, 15) is 9.59 Å². The van der Waals surface area contributed by atoms with Crippen LogP contribution in [0.25, 0.3) is 0 Å². The first-order chi connectivity index (χ1) is 10.5. The molecule has 132 valence electrons. The fraction of sp³-hybridized carbons (Fsp3) is 0.889. The van der Waals surface area contributed by atoms with Crippen LogP contribution < -0.4 is 0 Å². The van der Waals surface area contributed by atoms with E-state index in [-0.39, 0.29) is 5.97 Å². The molecule has 0 rings (SSSR count). The lowest BCUT2D eigenvalue weighted by molar-refractivity contribution is -0.141. The van der Waals surface area contributed by atoms with Gasteiger partial charge >= 0.3 is 11.9 Å². The van der Waals surface area contributed by atoms with Crippen molar-refractivity contribution in [3.05, 3.63) is 0 Å². The lowest BCUT2D eigenvalue weighted by atomic mass is 10.0. The van der Waals surface area contributed by atoms with Gasteiger partial charge in [0.15, 0.2) is 0 Å². The normalized spacial score (nSPS) is 11.3. The Labute approximate surface area is 136 Å². The number of carbonyl (C=O) groups excluding carboxylic acids is 1. The van der Waals surface area contributed by atoms with Gasteiger partial charge in [0.2, 0.25) is 0 Å². The van der Waals surface area contributed by atoms with Crippen LogP contribution >= 0.6 is 0 Å². The fourth-order valence-electron chi connectivity index (χ4n) is 2.09. The van der Waals surface area contributed by atoms with Crippen LogP contribution in [0.1, 0.15) is 91.4 Å². The van der Waals surface area contributed by atoms with E-state index in [4.69, 9.17) is 5.11 Å². The van der Waals surface area contributed by atoms with E-state index >= 15 is 0 Å². The van der Waals surface area contributed by atoms with Crippen molar-refractivity contribution in [2.45, 2.75) is 91.4 Å². The summed E-state index contributed by atoms with van der Waals surface area (Å²) in [5.41, 5.74) is 0. The van der Waals surface area contributed by atoms with E-state index in [0.29, 0.717) is 18.8 Å². The van der Waals surface area contributed by atoms with Gasteiger partial charge in [0.25, 0.3) is 0 Å². The molecule has 0 heterocycles. The number of hydrogen-bond donors (Lipinski definition) is 1. The SMILES string of the molecule is CCCCCC(C)CC(=O)OC.CCCCCCCC(=O)O. The van der Waals surface area contributed by atoms with Crippen LogP contribution in [0.15, 0.2) is 0 Å². The molecule has 0 aliphatic rings. The molecule has 0 fully saturated rings. The number of methoxy groups -OCH3 is 1. The summed E-state index contributed by atoms with van der Waals surface area (Å²) in [5, 5.41) is 8.27. The first kappa shape index (κ1) is 23.2. The van der Waals surface area contributed by atoms with Gasteiger partial charge in [-0.15, -0.1) is 0 Å². The summed E-state index contributed by atoms with van der Waals surface area (Å²) in [6, 6.07) is 0. The van der Waals surface area contributed by atoms with Crippen LogP contribution in [0.2, 0.25) is 0 Å². The molecule has 4 nitrogen and oxygen atoms in total. The highest BCUT2D eigenvalue weighted by Crippen LogP contribution is 2.13. The van der Waals surface area contributed by atoms with Crippen molar-refractivity contribution < 1.29 is 19.4 Å². The van der Waals surface area contributed by atoms with Crippen molar-refractivity contribution >= 4 is 11.9 Å². The summed E-state index contributed by atoms with van der Waals surface area (Å²) in [6.07, 6.45) is 11.3. The summed E-state index contributed by atoms with van der Waals surface area (Å²) in [4.78, 5) is 20.9. The zero-order valence-corrected chi connectivity index (χ0v) is 15.0. The van der Waals surface area contributed by atoms with Crippen LogP contribution in [-0.2, 0) is 14.3 Å². The number of unbranched alkanes of at least 4 members (excludes halogenated alkanes) is 6. The highest BCUT2D eigenvalue weighted by atomic mass is 16.5. The topological polar surface area (TPSA) is 63.6 Å². The second kappa shape index (κ2) is 18.0. The molecular formula is C18H36O4. The van der Waals surface area contributed by atoms with Crippen LogP contribution in [0.4, 0.5) is 0 Å². The van der Waals surface area contributed by atoms with Gasteiger partial charge in [0.1, 0.15) is 0 Å². The van der Waals surface area contributed by atoms with E-state index in [0.717, 1.165) is 19.3 Å². The van der Waals surface area contributed by atoms with E-state index < -0.39 is 5.97 Å². The quantitative estimate of drug-likeness (QED) is 0.397. The van der Waals surface area contributed by atoms with Crippen LogP contribution in [0.3, 0.4) is 0 Å². The molecule has 0 spiro atoms. The largest absolute Gasteiger partial charge is 0.481 e. The Morgan fingerprint density at radius 3 is 2.00 bits per heavy atom. The van der Waals surface area contributed by atoms with Gasteiger partial charge in [0.05, 0.1) is 7.11 Å². The maximum Gasteiger partial charge on any atom is 0.305 e. The van der Waals surface area contributed by atoms with Crippen molar-refractivity contribution in [1.82, 2.24) is 0 Å². The number of carboxylic acid groups (broad SMARTS) is 1. The number of hydrogen-bond acceptors (Lipinski definition) is 3. The number of carbonyl (C=O) groups is 2. The smallest absolute Gasteiger partial charge is 0.305 e. The molecule has 1 unspecified atom stereocenters. The minimum atomic E-state index is -0.670. The molecule has 0 aromatic carbocycles. The number of rotatable bonds is 12. The molecule has 0 aliphatic carbocycles. The summed E-state index contributed by atoms with van der Waals surface area (Å²) in [7, 11) is 1.45. The van der Waals surface area contributed by atoms with Gasteiger partial charge in [0, 0.05) is 12.8 Å². The van der Waals surface area contributed by atoms with Crippen LogP contribution in [0, 0.1) is 5.92 Å². The summed E-state index contributed by atoms with van der Waals surface area (Å²) in [5.74, 6) is -0.278. The first-order valence-corrected chi connectivity index (χ1v) is 8.76. The van der Waals surface area contributed by atoms with Gasteiger partial charge in [-0.2, -0.15) is 0 Å². The predicted octanol–water partition coefficient (Wildman–Crippen LogP) is 5.20. The van der Waals surface area contributed by atoms with E-state index in [1.807, 2.05) is 0 Å². The van der Waals surface area contributed by atoms with Crippen molar-refractivity contribution in [3.8, 4) is 0 Å². The number of ether oxygens (including phenoxy) is 1. The first-order valence-electron chi connectivity index (χ1n) is 8.76. The molecule has 0 amide bonds. The Hall–Kier alpha value is -1.06. The molecule has 1 N–H and O–H groups in total. The molecule has 0 bridgehead atoms. The Bertz CT molecular complexity index is 264. The molecule has 0 aliphatic heterocycles. The maximum absolute atomic E-state index is 10.8. The second-order valence-corrected chi connectivity index (χ2v) is 5.94. The van der Waals surface area contributed by atoms with Crippen molar-refractivity contribution in [1.29, 1.82) is 0 Å². The number of aliphatic carboxylic acids is 1. The molecule has 0 aromatic rings. The maximum atomic E-state index is 10.8. The minimum Gasteiger partial charge on any atom is -0.481 e. The average Bonchev–Trinajstić information content (AvgIpc) is 2.47. The molecule has 0 aromatic heterocycles. The van der Waals surface area contributed by atoms with Crippen LogP contribution in [-0.4, -0.2) is 24.2 Å². The third-order valence-electron chi connectivity index (χ3n) is 3.54. The predicted molar refractivity (Wildman–Crippen MR) is 91.0 cm³/mol. The Morgan fingerprint density at radius 2 is 1.50 bits per heavy atom. The monoisotopic (exact) mass is 316 g/mol. The summed E-state index contributed by atoms with van der Waals surface area (Å²) in [6.45, 7) is 6.44. The summed E-state index contributed by atoms with van der Waals surface area (Å²) >= 11 is 0. The van der Waals surface area contributed by atoms with Crippen molar-refractivity contribution in [3.63, 3.8) is 0 Å². The van der Waals surface area contributed by atoms with Gasteiger partial charge in [-0.3, -0.25) is 9.59 Å². The average molecular weight is 316 g/mol. The van der Waals surface area contributed by atoms with Gasteiger partial charge in [-0.25, -0.2) is 0 Å². The Balaban J connectivity index is 0. The van der Waals surface area contributed by atoms with Crippen molar-refractivity contribution in [2.24, 2.45) is 5.92 Å². The Morgan fingerprint density at radius 1 is 0.955 bits per heavy atom. The van der Waals surface area contributed by atoms with Gasteiger partial charge in [-0.1, -0.05) is 72.1 Å². The molecule has 1 atom stereocenters. The summed E-state index contributed by atoms with van der Waals surface area (Å²) < 4.78 is 4.59.